The minimum absolute atomic E-state index is 0.179. The zero-order chi connectivity index (χ0) is 43.5. The summed E-state index contributed by atoms with van der Waals surface area (Å²) in [6, 6.07) is 57.5. The molecule has 0 radical (unpaired) electrons. The highest BCUT2D eigenvalue weighted by Crippen LogP contribution is 2.40. The fourth-order valence-electron chi connectivity index (χ4n) is 8.27. The predicted molar refractivity (Wildman–Crippen MR) is 243 cm³/mol. The van der Waals surface area contributed by atoms with E-state index in [1.807, 2.05) is 187 Å². The Kier molecular flexibility index (Phi) is 13.9. The molecule has 0 aliphatic carbocycles. The van der Waals surface area contributed by atoms with Crippen LogP contribution >= 0.6 is 0 Å². The summed E-state index contributed by atoms with van der Waals surface area (Å²) in [6.07, 6.45) is -0.206. The van der Waals surface area contributed by atoms with Crippen LogP contribution in [0, 0.1) is 0 Å². The van der Waals surface area contributed by atoms with Crippen LogP contribution in [0.25, 0.3) is 16.5 Å². The van der Waals surface area contributed by atoms with E-state index in [2.05, 4.69) is 0 Å². The molecular formula is C54H50N2O8. The van der Waals surface area contributed by atoms with Crippen molar-refractivity contribution in [2.45, 2.75) is 63.7 Å². The number of nitrogens with zero attached hydrogens (tertiary/aromatic N) is 2. The Bertz CT molecular complexity index is 2620. The second kappa shape index (κ2) is 20.8. The van der Waals surface area contributed by atoms with Gasteiger partial charge in [0.2, 0.25) is 0 Å². The van der Waals surface area contributed by atoms with E-state index >= 15 is 0 Å². The maximum absolute atomic E-state index is 14.1. The van der Waals surface area contributed by atoms with Crippen molar-refractivity contribution >= 4 is 28.3 Å². The molecule has 0 N–H and O–H groups in total. The van der Waals surface area contributed by atoms with Crippen molar-refractivity contribution in [2.75, 3.05) is 13.3 Å². The highest BCUT2D eigenvalue weighted by atomic mass is 16.6. The molecule has 7 aromatic rings. The van der Waals surface area contributed by atoms with Crippen molar-refractivity contribution in [2.24, 2.45) is 0 Å². The predicted octanol–water partition coefficient (Wildman–Crippen LogP) is 9.44. The minimum Gasteiger partial charge on any atom is -0.374 e. The van der Waals surface area contributed by atoms with E-state index in [-0.39, 0.29) is 38.7 Å². The molecule has 1 fully saturated rings. The molecular weight excluding hydrogens is 805 g/mol. The number of carbonyl (C=O) groups excluding carboxylic acids is 2. The molecule has 2 amide bonds. The Morgan fingerprint density at radius 1 is 0.484 bits per heavy atom. The molecule has 0 spiro atoms. The van der Waals surface area contributed by atoms with Gasteiger partial charge in [-0.25, -0.2) is 0 Å². The van der Waals surface area contributed by atoms with Gasteiger partial charge in [0.25, 0.3) is 11.8 Å². The number of fused-ring (bicyclic) bond motifs is 1. The summed E-state index contributed by atoms with van der Waals surface area (Å²) in [4.78, 5) is 28.7. The summed E-state index contributed by atoms with van der Waals surface area (Å²) in [5.74, 6) is -0.876. The maximum atomic E-state index is 14.1. The average molecular weight is 855 g/mol. The number of aromatic nitrogens is 1. The van der Waals surface area contributed by atoms with Gasteiger partial charge >= 0.3 is 0 Å². The lowest BCUT2D eigenvalue weighted by molar-refractivity contribution is -0.289. The Balaban J connectivity index is 1.09. The molecule has 1 saturated heterocycles. The van der Waals surface area contributed by atoms with E-state index in [1.165, 1.54) is 6.08 Å². The van der Waals surface area contributed by atoms with Crippen LogP contribution in [0.15, 0.2) is 188 Å². The largest absolute Gasteiger partial charge is 0.374 e. The third-order valence-electron chi connectivity index (χ3n) is 11.5. The lowest BCUT2D eigenvalue weighted by Crippen LogP contribution is -2.59. The fraction of sp³-hybridized carbons (Fsp3) is 0.222. The minimum atomic E-state index is -0.803. The number of amides is 2. The molecule has 9 rings (SSSR count). The summed E-state index contributed by atoms with van der Waals surface area (Å²) in [5.41, 5.74) is 6.58. The van der Waals surface area contributed by atoms with E-state index in [0.29, 0.717) is 18.8 Å². The molecule has 2 aliphatic heterocycles. The van der Waals surface area contributed by atoms with Crippen molar-refractivity contribution in [3.63, 3.8) is 0 Å². The van der Waals surface area contributed by atoms with Gasteiger partial charge in [-0.05, 0) is 33.9 Å². The van der Waals surface area contributed by atoms with Crippen LogP contribution in [-0.4, -0.2) is 59.0 Å². The molecule has 0 saturated carbocycles. The van der Waals surface area contributed by atoms with Crippen LogP contribution < -0.4 is 0 Å². The van der Waals surface area contributed by atoms with Crippen molar-refractivity contribution in [3.05, 3.63) is 222 Å². The second-order valence-electron chi connectivity index (χ2n) is 15.9. The number of hydrogen-bond donors (Lipinski definition) is 0. The summed E-state index contributed by atoms with van der Waals surface area (Å²) >= 11 is 0. The van der Waals surface area contributed by atoms with Gasteiger partial charge < -0.3 is 33.0 Å². The molecule has 6 aromatic carbocycles. The van der Waals surface area contributed by atoms with Gasteiger partial charge in [0.05, 0.1) is 50.7 Å². The first-order valence-corrected chi connectivity index (χ1v) is 21.6. The first kappa shape index (κ1) is 42.8. The Morgan fingerprint density at radius 3 is 1.48 bits per heavy atom. The highest BCUT2D eigenvalue weighted by Gasteiger charge is 2.50. The average Bonchev–Trinajstić information content (AvgIpc) is 3.86. The van der Waals surface area contributed by atoms with Gasteiger partial charge in [-0.3, -0.25) is 14.5 Å². The number of rotatable bonds is 19. The van der Waals surface area contributed by atoms with Crippen LogP contribution in [0.4, 0.5) is 0 Å². The van der Waals surface area contributed by atoms with Gasteiger partial charge in [-0.1, -0.05) is 170 Å². The smallest absolute Gasteiger partial charge is 0.263 e. The third-order valence-corrected chi connectivity index (χ3v) is 11.5. The summed E-state index contributed by atoms with van der Waals surface area (Å²) in [6.45, 7) is 1.49. The molecule has 3 heterocycles. The molecule has 10 nitrogen and oxygen atoms in total. The Hall–Kier alpha value is -6.50. The fourth-order valence-corrected chi connectivity index (χ4v) is 8.27. The molecule has 324 valence electrons. The molecule has 0 unspecified atom stereocenters. The van der Waals surface area contributed by atoms with E-state index in [9.17, 15) is 9.59 Å². The van der Waals surface area contributed by atoms with E-state index in [4.69, 9.17) is 28.4 Å². The van der Waals surface area contributed by atoms with Crippen LogP contribution in [0.3, 0.4) is 0 Å². The second-order valence-corrected chi connectivity index (χ2v) is 15.9. The molecule has 2 aliphatic rings. The van der Waals surface area contributed by atoms with Crippen molar-refractivity contribution < 1.29 is 38.0 Å². The molecule has 1 aromatic heterocycles. The standard InChI is InChI=1S/C54H50N2O8/c57-49-30-45(53(58)56(49)38-60-33-40-20-8-2-9-21-40)46-31-55(47-29-17-16-28-44(46)47)54-52(63-36-43-26-14-5-15-27-43)51(62-35-42-24-12-4-13-25-42)50(61-34-41-22-10-3-11-23-41)48(64-54)37-59-32-39-18-6-1-7-19-39/h1-31,48,50-52,54H,32-38H2/t48-,50-,51+,52-,54-/m1/s1. The van der Waals surface area contributed by atoms with Gasteiger partial charge in [-0.15, -0.1) is 0 Å². The van der Waals surface area contributed by atoms with Crippen molar-refractivity contribution in [1.29, 1.82) is 0 Å². The number of ether oxygens (including phenoxy) is 6. The van der Waals surface area contributed by atoms with Crippen molar-refractivity contribution in [1.82, 2.24) is 9.47 Å². The topological polar surface area (TPSA) is 97.7 Å². The number of carbonyl (C=O) groups is 2. The van der Waals surface area contributed by atoms with Crippen LogP contribution in [0.5, 0.6) is 0 Å². The lowest BCUT2D eigenvalue weighted by Gasteiger charge is -2.46. The quantitative estimate of drug-likeness (QED) is 0.0743. The number of imide groups is 1. The first-order valence-electron chi connectivity index (χ1n) is 21.6. The summed E-state index contributed by atoms with van der Waals surface area (Å²) in [7, 11) is 0. The van der Waals surface area contributed by atoms with Crippen LogP contribution in [-0.2, 0) is 71.0 Å². The van der Waals surface area contributed by atoms with Gasteiger partial charge in [-0.2, -0.15) is 0 Å². The number of benzene rings is 6. The number of hydrogen-bond acceptors (Lipinski definition) is 8. The van der Waals surface area contributed by atoms with E-state index in [1.54, 1.807) is 0 Å². The maximum Gasteiger partial charge on any atom is 0.263 e. The summed E-state index contributed by atoms with van der Waals surface area (Å²) in [5, 5.41) is 0.772. The summed E-state index contributed by atoms with van der Waals surface area (Å²) < 4.78 is 42.5. The zero-order valence-corrected chi connectivity index (χ0v) is 35.4. The van der Waals surface area contributed by atoms with Crippen LogP contribution in [0.2, 0.25) is 0 Å². The highest BCUT2D eigenvalue weighted by molar-refractivity contribution is 6.35. The molecule has 64 heavy (non-hydrogen) atoms. The number of para-hydroxylation sites is 1. The molecule has 10 heteroatoms. The van der Waals surface area contributed by atoms with E-state index < -0.39 is 42.5 Å². The van der Waals surface area contributed by atoms with Gasteiger partial charge in [0.15, 0.2) is 6.23 Å². The van der Waals surface area contributed by atoms with Gasteiger partial charge in [0.1, 0.15) is 31.1 Å². The third kappa shape index (κ3) is 10.1. The lowest BCUT2D eigenvalue weighted by atomic mass is 9.96. The molecule has 0 bridgehead atoms. The van der Waals surface area contributed by atoms with E-state index in [0.717, 1.165) is 43.6 Å². The Labute approximate surface area is 373 Å². The zero-order valence-electron chi connectivity index (χ0n) is 35.4. The van der Waals surface area contributed by atoms with Crippen LogP contribution in [0.1, 0.15) is 39.6 Å². The Morgan fingerprint density at radius 2 is 0.938 bits per heavy atom. The first-order chi connectivity index (χ1) is 31.6. The SMILES string of the molecule is O=C1C=C(c2cn([C@@H]3O[C@H](COCc4ccccc4)[C@@H](OCc4ccccc4)[C@H](OCc4ccccc4)[C@H]3OCc3ccccc3)c3ccccc23)C(=O)N1COCc1ccccc1. The molecule has 5 atom stereocenters. The van der Waals surface area contributed by atoms with Crippen molar-refractivity contribution in [3.8, 4) is 0 Å². The monoisotopic (exact) mass is 854 g/mol. The van der Waals surface area contributed by atoms with Gasteiger partial charge in [0, 0.05) is 23.2 Å². The normalized spacial score (nSPS) is 19.9.